The van der Waals surface area contributed by atoms with Crippen molar-refractivity contribution in [2.24, 2.45) is 5.92 Å². The van der Waals surface area contributed by atoms with Gasteiger partial charge in [0.1, 0.15) is 0 Å². The number of carbonyl (C=O) groups excluding carboxylic acids is 2. The molecule has 114 valence electrons. The van der Waals surface area contributed by atoms with Crippen molar-refractivity contribution in [2.45, 2.75) is 64.0 Å². The molecule has 0 radical (unpaired) electrons. The van der Waals surface area contributed by atoms with Gasteiger partial charge in [-0.05, 0) is 32.6 Å². The predicted molar refractivity (Wildman–Crippen MR) is 76.0 cm³/mol. The Hall–Kier alpha value is -1.10. The molecule has 0 bridgehead atoms. The quantitative estimate of drug-likeness (QED) is 0.765. The molecule has 2 N–H and O–H groups in total. The van der Waals surface area contributed by atoms with Crippen molar-refractivity contribution in [3.05, 3.63) is 0 Å². The van der Waals surface area contributed by atoms with Gasteiger partial charge in [0.25, 0.3) is 0 Å². The van der Waals surface area contributed by atoms with Gasteiger partial charge in [0.2, 0.25) is 11.8 Å². The number of aliphatic hydroxyl groups excluding tert-OH is 1. The highest BCUT2D eigenvalue weighted by Gasteiger charge is 2.38. The molecule has 2 unspecified atom stereocenters. The molecule has 2 aliphatic rings. The molecule has 5 heteroatoms. The number of hydrogen-bond acceptors (Lipinski definition) is 3. The topological polar surface area (TPSA) is 69.6 Å². The molecular formula is C15H26N2O3. The van der Waals surface area contributed by atoms with Crippen LogP contribution in [0.2, 0.25) is 0 Å². The molecule has 0 aromatic carbocycles. The number of carbonyl (C=O) groups is 2. The lowest BCUT2D eigenvalue weighted by Gasteiger charge is -2.24. The molecule has 5 nitrogen and oxygen atoms in total. The fourth-order valence-corrected chi connectivity index (χ4v) is 3.31. The minimum absolute atomic E-state index is 0.00992. The van der Waals surface area contributed by atoms with Crippen LogP contribution in [0.15, 0.2) is 0 Å². The SMILES string of the molecule is CC(CCCO)NC(=O)C1CC(=O)N(C2CCCC2)C1. The summed E-state index contributed by atoms with van der Waals surface area (Å²) in [6.45, 7) is 2.68. The van der Waals surface area contributed by atoms with Crippen LogP contribution in [0.25, 0.3) is 0 Å². The molecule has 1 aliphatic heterocycles. The van der Waals surface area contributed by atoms with Gasteiger partial charge < -0.3 is 15.3 Å². The fraction of sp³-hybridized carbons (Fsp3) is 0.867. The molecule has 1 saturated carbocycles. The Labute approximate surface area is 120 Å². The zero-order chi connectivity index (χ0) is 14.5. The van der Waals surface area contributed by atoms with E-state index >= 15 is 0 Å². The third-order valence-electron chi connectivity index (χ3n) is 4.48. The fourth-order valence-electron chi connectivity index (χ4n) is 3.31. The minimum atomic E-state index is -0.195. The van der Waals surface area contributed by atoms with E-state index in [0.717, 1.165) is 19.3 Å². The highest BCUT2D eigenvalue weighted by Crippen LogP contribution is 2.29. The molecule has 2 amide bonds. The summed E-state index contributed by atoms with van der Waals surface area (Å²) in [7, 11) is 0. The third-order valence-corrected chi connectivity index (χ3v) is 4.48. The van der Waals surface area contributed by atoms with E-state index in [0.29, 0.717) is 25.4 Å². The Morgan fingerprint density at radius 3 is 2.80 bits per heavy atom. The standard InChI is InChI=1S/C15H26N2O3/c1-11(5-4-8-18)16-15(20)12-9-14(19)17(10-12)13-6-2-3-7-13/h11-13,18H,2-10H2,1H3,(H,16,20). The average Bonchev–Trinajstić information content (AvgIpc) is 3.05. The van der Waals surface area contributed by atoms with Crippen molar-refractivity contribution in [1.29, 1.82) is 0 Å². The zero-order valence-electron chi connectivity index (χ0n) is 12.3. The van der Waals surface area contributed by atoms with Gasteiger partial charge >= 0.3 is 0 Å². The molecule has 0 spiro atoms. The highest BCUT2D eigenvalue weighted by molar-refractivity contribution is 5.89. The first-order valence-electron chi connectivity index (χ1n) is 7.82. The van der Waals surface area contributed by atoms with Crippen molar-refractivity contribution in [3.63, 3.8) is 0 Å². The number of nitrogens with one attached hydrogen (secondary N) is 1. The van der Waals surface area contributed by atoms with E-state index in [4.69, 9.17) is 5.11 Å². The Balaban J connectivity index is 1.81. The van der Waals surface area contributed by atoms with Crippen LogP contribution in [0, 0.1) is 5.92 Å². The van der Waals surface area contributed by atoms with Crippen LogP contribution in [0.3, 0.4) is 0 Å². The molecule has 2 rings (SSSR count). The Bertz CT molecular complexity index is 353. The summed E-state index contributed by atoms with van der Waals surface area (Å²) < 4.78 is 0. The van der Waals surface area contributed by atoms with E-state index in [2.05, 4.69) is 5.32 Å². The van der Waals surface area contributed by atoms with Crippen LogP contribution >= 0.6 is 0 Å². The van der Waals surface area contributed by atoms with E-state index in [1.807, 2.05) is 11.8 Å². The van der Waals surface area contributed by atoms with Gasteiger partial charge in [-0.1, -0.05) is 12.8 Å². The summed E-state index contributed by atoms with van der Waals surface area (Å²) in [5, 5.41) is 11.7. The monoisotopic (exact) mass is 282 g/mol. The number of hydrogen-bond donors (Lipinski definition) is 2. The van der Waals surface area contributed by atoms with Crippen LogP contribution in [-0.2, 0) is 9.59 Å². The van der Waals surface area contributed by atoms with E-state index in [1.54, 1.807) is 0 Å². The van der Waals surface area contributed by atoms with Gasteiger partial charge in [0.15, 0.2) is 0 Å². The summed E-state index contributed by atoms with van der Waals surface area (Å²) in [5.41, 5.74) is 0. The van der Waals surface area contributed by atoms with E-state index in [-0.39, 0.29) is 30.4 Å². The van der Waals surface area contributed by atoms with Crippen LogP contribution in [0.1, 0.15) is 51.9 Å². The lowest BCUT2D eigenvalue weighted by molar-refractivity contribution is -0.130. The molecule has 0 aromatic heterocycles. The van der Waals surface area contributed by atoms with E-state index < -0.39 is 0 Å². The van der Waals surface area contributed by atoms with Crippen LogP contribution in [-0.4, -0.2) is 47.1 Å². The largest absolute Gasteiger partial charge is 0.396 e. The lowest BCUT2D eigenvalue weighted by atomic mass is 10.1. The highest BCUT2D eigenvalue weighted by atomic mass is 16.3. The lowest BCUT2D eigenvalue weighted by Crippen LogP contribution is -2.39. The van der Waals surface area contributed by atoms with Crippen molar-refractivity contribution >= 4 is 11.8 Å². The molecule has 2 fully saturated rings. The molecule has 1 saturated heterocycles. The van der Waals surface area contributed by atoms with Crippen LogP contribution < -0.4 is 5.32 Å². The second-order valence-corrected chi connectivity index (χ2v) is 6.16. The zero-order valence-corrected chi connectivity index (χ0v) is 12.3. The van der Waals surface area contributed by atoms with Gasteiger partial charge in [-0.3, -0.25) is 9.59 Å². The average molecular weight is 282 g/mol. The van der Waals surface area contributed by atoms with Gasteiger partial charge in [0.05, 0.1) is 5.92 Å². The summed E-state index contributed by atoms with van der Waals surface area (Å²) >= 11 is 0. The number of rotatable bonds is 6. The second kappa shape index (κ2) is 7.07. The van der Waals surface area contributed by atoms with Crippen molar-refractivity contribution < 1.29 is 14.7 Å². The van der Waals surface area contributed by atoms with Gasteiger partial charge in [-0.25, -0.2) is 0 Å². The maximum Gasteiger partial charge on any atom is 0.225 e. The number of amides is 2. The van der Waals surface area contributed by atoms with E-state index in [1.165, 1.54) is 12.8 Å². The summed E-state index contributed by atoms with van der Waals surface area (Å²) in [6.07, 6.45) is 6.40. The first-order valence-corrected chi connectivity index (χ1v) is 7.82. The van der Waals surface area contributed by atoms with Crippen LogP contribution in [0.5, 0.6) is 0 Å². The number of likely N-dealkylation sites (tertiary alicyclic amines) is 1. The predicted octanol–water partition coefficient (Wildman–Crippen LogP) is 1.05. The molecule has 0 aromatic rings. The third kappa shape index (κ3) is 3.72. The second-order valence-electron chi connectivity index (χ2n) is 6.16. The minimum Gasteiger partial charge on any atom is -0.396 e. The maximum absolute atomic E-state index is 12.2. The summed E-state index contributed by atoms with van der Waals surface area (Å²) in [4.78, 5) is 26.1. The first-order chi connectivity index (χ1) is 9.61. The molecule has 1 aliphatic carbocycles. The van der Waals surface area contributed by atoms with Crippen molar-refractivity contribution in [1.82, 2.24) is 10.2 Å². The maximum atomic E-state index is 12.2. The Morgan fingerprint density at radius 2 is 2.15 bits per heavy atom. The van der Waals surface area contributed by atoms with Crippen molar-refractivity contribution in [3.8, 4) is 0 Å². The molecule has 2 atom stereocenters. The Morgan fingerprint density at radius 1 is 1.45 bits per heavy atom. The summed E-state index contributed by atoms with van der Waals surface area (Å²) in [6, 6.07) is 0.428. The number of nitrogens with zero attached hydrogens (tertiary/aromatic N) is 1. The number of aliphatic hydroxyl groups is 1. The summed E-state index contributed by atoms with van der Waals surface area (Å²) in [5.74, 6) is -0.0657. The molecular weight excluding hydrogens is 256 g/mol. The van der Waals surface area contributed by atoms with Gasteiger partial charge in [-0.2, -0.15) is 0 Å². The first kappa shape index (κ1) is 15.3. The smallest absolute Gasteiger partial charge is 0.225 e. The van der Waals surface area contributed by atoms with Gasteiger partial charge in [-0.15, -0.1) is 0 Å². The normalized spacial score (nSPS) is 25.2. The van der Waals surface area contributed by atoms with E-state index in [9.17, 15) is 9.59 Å². The molecule has 20 heavy (non-hydrogen) atoms. The molecule has 1 heterocycles. The Kier molecular flexibility index (Phi) is 5.40. The van der Waals surface area contributed by atoms with Crippen LogP contribution in [0.4, 0.5) is 0 Å². The van der Waals surface area contributed by atoms with Gasteiger partial charge in [0, 0.05) is 31.7 Å². The van der Waals surface area contributed by atoms with Crippen molar-refractivity contribution in [2.75, 3.05) is 13.2 Å².